The minimum Gasteiger partial charge on any atom is -0.464 e. The average Bonchev–Trinajstić information content (AvgIpc) is 3.54. The van der Waals surface area contributed by atoms with Gasteiger partial charge in [-0.2, -0.15) is 0 Å². The molecule has 38 heavy (non-hydrogen) atoms. The van der Waals surface area contributed by atoms with Gasteiger partial charge in [0.05, 0.1) is 6.61 Å². The molecule has 0 bridgehead atoms. The van der Waals surface area contributed by atoms with Crippen molar-refractivity contribution in [3.8, 4) is 0 Å². The zero-order valence-electron chi connectivity index (χ0n) is 22.0. The second-order valence-electron chi connectivity index (χ2n) is 9.38. The van der Waals surface area contributed by atoms with Crippen molar-refractivity contribution in [2.45, 2.75) is 64.7 Å². The summed E-state index contributed by atoms with van der Waals surface area (Å²) in [5, 5.41) is 3.92. The zero-order chi connectivity index (χ0) is 27.3. The Bertz CT molecular complexity index is 1120. The van der Waals surface area contributed by atoms with Crippen molar-refractivity contribution in [3.63, 3.8) is 0 Å². The molecule has 2 aromatic rings. The number of unbranched alkanes of at least 4 members (excludes halogenated alkanes) is 5. The van der Waals surface area contributed by atoms with Gasteiger partial charge in [-0.15, -0.1) is 0 Å². The van der Waals surface area contributed by atoms with Gasteiger partial charge in [-0.1, -0.05) is 39.0 Å². The summed E-state index contributed by atoms with van der Waals surface area (Å²) in [5.41, 5.74) is 3.46. The van der Waals surface area contributed by atoms with Crippen LogP contribution in [0.4, 0.5) is 5.69 Å². The average molecular weight is 547 g/mol. The van der Waals surface area contributed by atoms with Gasteiger partial charge in [0.1, 0.15) is 18.9 Å². The van der Waals surface area contributed by atoms with E-state index in [0.717, 1.165) is 67.1 Å². The number of H-pyrrole nitrogens is 1. The number of carbonyl (C=O) groups is 4. The summed E-state index contributed by atoms with van der Waals surface area (Å²) >= 11 is 3.58. The van der Waals surface area contributed by atoms with Gasteiger partial charge in [-0.05, 0) is 55.9 Å². The smallest absolute Gasteiger partial charge is 0.332 e. The molecule has 0 fully saturated rings. The Balaban J connectivity index is 1.39. The SMILES string of the molecule is CCCCCCC(=O)N1CCc2c1ccc1[nH]c(C(=O)NCCCCCOC(=O)COCC(=O)NS)cc21. The monoisotopic (exact) mass is 546 g/mol. The Morgan fingerprint density at radius 3 is 2.66 bits per heavy atom. The van der Waals surface area contributed by atoms with Crippen molar-refractivity contribution in [2.24, 2.45) is 0 Å². The van der Waals surface area contributed by atoms with Crippen molar-refractivity contribution < 1.29 is 28.7 Å². The van der Waals surface area contributed by atoms with Gasteiger partial charge in [0, 0.05) is 36.1 Å². The summed E-state index contributed by atoms with van der Waals surface area (Å²) in [7, 11) is 0. The van der Waals surface area contributed by atoms with Crippen LogP contribution < -0.4 is 14.9 Å². The summed E-state index contributed by atoms with van der Waals surface area (Å²) in [4.78, 5) is 53.0. The van der Waals surface area contributed by atoms with Crippen LogP contribution in [-0.4, -0.2) is 61.6 Å². The van der Waals surface area contributed by atoms with Gasteiger partial charge in [0.25, 0.3) is 11.8 Å². The van der Waals surface area contributed by atoms with Gasteiger partial charge in [0.15, 0.2) is 0 Å². The van der Waals surface area contributed by atoms with Crippen LogP contribution in [-0.2, 0) is 30.3 Å². The summed E-state index contributed by atoms with van der Waals surface area (Å²) in [5.74, 6) is -0.971. The Labute approximate surface area is 228 Å². The highest BCUT2D eigenvalue weighted by Crippen LogP contribution is 2.35. The molecule has 0 unspecified atom stereocenters. The van der Waals surface area contributed by atoms with Crippen LogP contribution in [0.5, 0.6) is 0 Å². The molecular formula is C27H38N4O6S. The van der Waals surface area contributed by atoms with E-state index in [4.69, 9.17) is 9.47 Å². The molecule has 3 amide bonds. The molecule has 0 spiro atoms. The first kappa shape index (κ1) is 29.5. The van der Waals surface area contributed by atoms with Crippen LogP contribution in [0.25, 0.3) is 10.9 Å². The number of amides is 3. The quantitative estimate of drug-likeness (QED) is 0.145. The number of aromatic nitrogens is 1. The zero-order valence-corrected chi connectivity index (χ0v) is 22.9. The van der Waals surface area contributed by atoms with E-state index < -0.39 is 11.9 Å². The van der Waals surface area contributed by atoms with Gasteiger partial charge >= 0.3 is 5.97 Å². The number of aromatic amines is 1. The number of benzene rings is 1. The van der Waals surface area contributed by atoms with E-state index in [1.54, 1.807) is 0 Å². The van der Waals surface area contributed by atoms with Crippen molar-refractivity contribution in [1.29, 1.82) is 0 Å². The lowest BCUT2D eigenvalue weighted by atomic mass is 10.1. The predicted octanol–water partition coefficient (Wildman–Crippen LogP) is 3.45. The van der Waals surface area contributed by atoms with Crippen molar-refractivity contribution in [1.82, 2.24) is 15.0 Å². The molecule has 0 saturated carbocycles. The molecule has 1 aromatic carbocycles. The van der Waals surface area contributed by atoms with Crippen LogP contribution >= 0.6 is 12.8 Å². The number of hydrogen-bond acceptors (Lipinski definition) is 7. The first-order valence-electron chi connectivity index (χ1n) is 13.3. The third-order valence-corrected chi connectivity index (χ3v) is 6.75. The number of esters is 1. The van der Waals surface area contributed by atoms with Crippen molar-refractivity contribution >= 4 is 53.1 Å². The summed E-state index contributed by atoms with van der Waals surface area (Å²) < 4.78 is 12.0. The van der Waals surface area contributed by atoms with E-state index in [1.165, 1.54) is 0 Å². The highest BCUT2D eigenvalue weighted by Gasteiger charge is 2.26. The molecule has 0 saturated heterocycles. The number of fused-ring (bicyclic) bond motifs is 3. The highest BCUT2D eigenvalue weighted by molar-refractivity contribution is 7.78. The molecule has 2 heterocycles. The van der Waals surface area contributed by atoms with Gasteiger partial charge < -0.3 is 29.4 Å². The van der Waals surface area contributed by atoms with Gasteiger partial charge in [0.2, 0.25) is 5.91 Å². The number of carbonyl (C=O) groups excluding carboxylic acids is 4. The fourth-order valence-electron chi connectivity index (χ4n) is 4.52. The fraction of sp³-hybridized carbons (Fsp3) is 0.556. The summed E-state index contributed by atoms with van der Waals surface area (Å²) in [6, 6.07) is 5.79. The fourth-order valence-corrected chi connectivity index (χ4v) is 4.58. The molecule has 1 aromatic heterocycles. The van der Waals surface area contributed by atoms with Crippen LogP contribution in [0.15, 0.2) is 18.2 Å². The second-order valence-corrected chi connectivity index (χ2v) is 9.60. The maximum atomic E-state index is 12.7. The third-order valence-electron chi connectivity index (χ3n) is 6.50. The van der Waals surface area contributed by atoms with Gasteiger partial charge in [-0.3, -0.25) is 14.4 Å². The minimum atomic E-state index is -0.532. The summed E-state index contributed by atoms with van der Waals surface area (Å²) in [6.45, 7) is 3.05. The lowest BCUT2D eigenvalue weighted by Crippen LogP contribution is -2.28. The molecule has 3 rings (SSSR count). The Kier molecular flexibility index (Phi) is 11.9. The van der Waals surface area contributed by atoms with Crippen LogP contribution in [0.2, 0.25) is 0 Å². The molecule has 1 aliphatic rings. The predicted molar refractivity (Wildman–Crippen MR) is 148 cm³/mol. The number of thiol groups is 1. The molecule has 10 nitrogen and oxygen atoms in total. The number of hydrogen-bond donors (Lipinski definition) is 4. The first-order chi connectivity index (χ1) is 18.4. The largest absolute Gasteiger partial charge is 0.464 e. The topological polar surface area (TPSA) is 130 Å². The number of rotatable bonds is 16. The third kappa shape index (κ3) is 8.49. The highest BCUT2D eigenvalue weighted by atomic mass is 32.1. The minimum absolute atomic E-state index is 0.175. The maximum absolute atomic E-state index is 12.7. The van der Waals surface area contributed by atoms with E-state index in [0.29, 0.717) is 31.6 Å². The van der Waals surface area contributed by atoms with Crippen molar-refractivity contribution in [2.75, 3.05) is 37.8 Å². The van der Waals surface area contributed by atoms with Crippen molar-refractivity contribution in [3.05, 3.63) is 29.5 Å². The van der Waals surface area contributed by atoms with E-state index in [2.05, 4.69) is 34.8 Å². The molecule has 0 radical (unpaired) electrons. The van der Waals surface area contributed by atoms with Gasteiger partial charge in [-0.25, -0.2) is 4.79 Å². The molecule has 1 aliphatic heterocycles. The lowest BCUT2D eigenvalue weighted by Gasteiger charge is -2.17. The molecule has 0 atom stereocenters. The molecule has 208 valence electrons. The van der Waals surface area contributed by atoms with E-state index in [-0.39, 0.29) is 31.6 Å². The second kappa shape index (κ2) is 15.4. The molecule has 0 aliphatic carbocycles. The normalized spacial score (nSPS) is 12.4. The molecule has 11 heteroatoms. The Morgan fingerprint density at radius 2 is 1.87 bits per heavy atom. The van der Waals surface area contributed by atoms with E-state index in [1.807, 2.05) is 23.1 Å². The number of ether oxygens (including phenoxy) is 2. The van der Waals surface area contributed by atoms with E-state index in [9.17, 15) is 19.2 Å². The number of anilines is 1. The van der Waals surface area contributed by atoms with Crippen LogP contribution in [0.3, 0.4) is 0 Å². The van der Waals surface area contributed by atoms with E-state index >= 15 is 0 Å². The standard InChI is InChI=1S/C27H38N4O6S/c1-2-3-4-6-9-25(33)31-14-12-19-20-16-22(29-21(20)10-11-23(19)31)27(35)28-13-7-5-8-15-37-26(34)18-36-17-24(32)30-38/h10-11,16,29,38H,2-9,12-15,17-18H2,1H3,(H,28,35)(H,30,32). The number of nitrogens with zero attached hydrogens (tertiary/aromatic N) is 1. The van der Waals surface area contributed by atoms with Crippen LogP contribution in [0, 0.1) is 0 Å². The Morgan fingerprint density at radius 1 is 1.05 bits per heavy atom. The lowest BCUT2D eigenvalue weighted by molar-refractivity contribution is -0.149. The summed E-state index contributed by atoms with van der Waals surface area (Å²) in [6.07, 6.45) is 7.85. The molecular weight excluding hydrogens is 508 g/mol. The maximum Gasteiger partial charge on any atom is 0.332 e. The Hall–Kier alpha value is -3.05. The van der Waals surface area contributed by atoms with Crippen LogP contribution in [0.1, 0.15) is 74.3 Å². The molecule has 3 N–H and O–H groups in total. The first-order valence-corrected chi connectivity index (χ1v) is 13.8. The number of nitrogens with one attached hydrogen (secondary N) is 3.